The van der Waals surface area contributed by atoms with E-state index in [1.54, 1.807) is 6.07 Å². The van der Waals surface area contributed by atoms with Crippen LogP contribution in [0.5, 0.6) is 0 Å². The number of rotatable bonds is 9. The number of aromatic nitrogens is 4. The average Bonchev–Trinajstić information content (AvgIpc) is 3.65. The highest BCUT2D eigenvalue weighted by Crippen LogP contribution is 2.34. The van der Waals surface area contributed by atoms with Gasteiger partial charge in [0, 0.05) is 79.1 Å². The SMILES string of the molecule is C[C@@H](N1CCN(Cc2cn(Cc3ccc(F)cc3F)c3ccc(C#N)cc23)CC1)[C@](O)(Cn1cncn1)c1ccc(F)cc1F. The van der Waals surface area contributed by atoms with Gasteiger partial charge in [0.05, 0.1) is 24.7 Å². The summed E-state index contributed by atoms with van der Waals surface area (Å²) in [5.41, 5.74) is 0.898. The highest BCUT2D eigenvalue weighted by molar-refractivity contribution is 5.85. The molecule has 1 fully saturated rings. The molecule has 0 bridgehead atoms. The Balaban J connectivity index is 1.21. The maximum absolute atomic E-state index is 15.0. The van der Waals surface area contributed by atoms with Crippen LogP contribution in [0.2, 0.25) is 0 Å². The van der Waals surface area contributed by atoms with Crippen LogP contribution in [0.25, 0.3) is 10.9 Å². The zero-order valence-electron chi connectivity index (χ0n) is 24.5. The lowest BCUT2D eigenvalue weighted by molar-refractivity contribution is -0.0743. The number of benzene rings is 3. The van der Waals surface area contributed by atoms with Crippen LogP contribution in [-0.4, -0.2) is 66.5 Å². The van der Waals surface area contributed by atoms with Gasteiger partial charge in [0.1, 0.15) is 41.5 Å². The minimum atomic E-state index is -1.73. The molecule has 0 unspecified atom stereocenters. The summed E-state index contributed by atoms with van der Waals surface area (Å²) >= 11 is 0. The second-order valence-electron chi connectivity index (χ2n) is 11.5. The third kappa shape index (κ3) is 6.20. The molecule has 3 aromatic carbocycles. The first-order valence-corrected chi connectivity index (χ1v) is 14.6. The molecule has 3 heterocycles. The van der Waals surface area contributed by atoms with E-state index >= 15 is 4.39 Å². The standard InChI is InChI=1S/C33H31F4N7O/c1-22(33(45,19-44-21-39-20-40-44)29-6-5-27(35)14-31(29)37)42-10-8-41(9-11-42)16-25-18-43(17-24-3-4-26(34)13-30(24)36)32-7-2-23(15-38)12-28(25)32/h2-7,12-14,18,20-22,45H,8-11,16-17,19H2,1H3/t22-,33-/m1/s1. The van der Waals surface area contributed by atoms with Crippen LogP contribution in [0.3, 0.4) is 0 Å². The molecular formula is C33H31F4N7O. The maximum atomic E-state index is 15.0. The van der Waals surface area contributed by atoms with Gasteiger partial charge in [0.25, 0.3) is 0 Å². The normalized spacial score (nSPS) is 16.5. The Kier molecular flexibility index (Phi) is 8.42. The molecular weight excluding hydrogens is 586 g/mol. The lowest BCUT2D eigenvalue weighted by atomic mass is 9.85. The molecule has 2 atom stereocenters. The minimum absolute atomic E-state index is 0.0203. The zero-order chi connectivity index (χ0) is 31.7. The molecule has 0 radical (unpaired) electrons. The van der Waals surface area contributed by atoms with Crippen molar-refractivity contribution < 1.29 is 22.7 Å². The van der Waals surface area contributed by atoms with Gasteiger partial charge in [-0.05, 0) is 42.8 Å². The van der Waals surface area contributed by atoms with Crippen LogP contribution in [0.15, 0.2) is 73.4 Å². The number of fused-ring (bicyclic) bond motifs is 1. The lowest BCUT2D eigenvalue weighted by Crippen LogP contribution is -2.57. The number of hydrogen-bond donors (Lipinski definition) is 1. The molecule has 6 rings (SSSR count). The molecule has 45 heavy (non-hydrogen) atoms. The van der Waals surface area contributed by atoms with Crippen LogP contribution in [0, 0.1) is 34.6 Å². The van der Waals surface area contributed by atoms with Crippen molar-refractivity contribution in [3.63, 3.8) is 0 Å². The van der Waals surface area contributed by atoms with Crippen molar-refractivity contribution >= 4 is 10.9 Å². The van der Waals surface area contributed by atoms with Crippen molar-refractivity contribution in [2.24, 2.45) is 0 Å². The summed E-state index contributed by atoms with van der Waals surface area (Å²) in [4.78, 5) is 8.26. The zero-order valence-corrected chi connectivity index (χ0v) is 24.5. The van der Waals surface area contributed by atoms with Gasteiger partial charge >= 0.3 is 0 Å². The van der Waals surface area contributed by atoms with Crippen molar-refractivity contribution in [1.29, 1.82) is 5.26 Å². The number of aliphatic hydroxyl groups is 1. The number of halogens is 4. The van der Waals surface area contributed by atoms with Crippen molar-refractivity contribution in [3.05, 3.63) is 119 Å². The summed E-state index contributed by atoms with van der Waals surface area (Å²) in [6, 6.07) is 13.7. The van der Waals surface area contributed by atoms with E-state index in [1.807, 2.05) is 29.8 Å². The minimum Gasteiger partial charge on any atom is -0.381 e. The first-order valence-electron chi connectivity index (χ1n) is 14.6. The van der Waals surface area contributed by atoms with Gasteiger partial charge < -0.3 is 9.67 Å². The highest BCUT2D eigenvalue weighted by Gasteiger charge is 2.42. The number of piperazine rings is 1. The summed E-state index contributed by atoms with van der Waals surface area (Å²) in [6.07, 6.45) is 4.71. The average molecular weight is 618 g/mol. The van der Waals surface area contributed by atoms with E-state index in [1.165, 1.54) is 35.5 Å². The van der Waals surface area contributed by atoms with Crippen molar-refractivity contribution in [2.45, 2.75) is 38.2 Å². The molecule has 0 saturated carbocycles. The number of nitriles is 1. The summed E-state index contributed by atoms with van der Waals surface area (Å²) in [6.45, 7) is 4.89. The predicted octanol–water partition coefficient (Wildman–Crippen LogP) is 4.80. The summed E-state index contributed by atoms with van der Waals surface area (Å²) in [7, 11) is 0. The molecule has 0 spiro atoms. The van der Waals surface area contributed by atoms with Gasteiger partial charge in [-0.3, -0.25) is 9.80 Å². The summed E-state index contributed by atoms with van der Waals surface area (Å²) < 4.78 is 60.1. The molecule has 0 aliphatic carbocycles. The third-order valence-corrected chi connectivity index (χ3v) is 8.76. The lowest BCUT2D eigenvalue weighted by Gasteiger charge is -2.45. The van der Waals surface area contributed by atoms with Gasteiger partial charge in [-0.25, -0.2) is 27.2 Å². The highest BCUT2D eigenvalue weighted by atomic mass is 19.1. The Morgan fingerprint density at radius 1 is 0.911 bits per heavy atom. The van der Waals surface area contributed by atoms with Crippen LogP contribution in [0.4, 0.5) is 17.6 Å². The first-order chi connectivity index (χ1) is 21.6. The molecule has 0 amide bonds. The van der Waals surface area contributed by atoms with Crippen LogP contribution in [-0.2, 0) is 25.2 Å². The van der Waals surface area contributed by atoms with Crippen LogP contribution >= 0.6 is 0 Å². The molecule has 1 saturated heterocycles. The van der Waals surface area contributed by atoms with E-state index in [0.717, 1.165) is 34.7 Å². The van der Waals surface area contributed by atoms with Gasteiger partial charge in [0.15, 0.2) is 0 Å². The second-order valence-corrected chi connectivity index (χ2v) is 11.5. The van der Waals surface area contributed by atoms with Crippen LogP contribution in [0.1, 0.15) is 29.2 Å². The molecule has 8 nitrogen and oxygen atoms in total. The van der Waals surface area contributed by atoms with E-state index < -0.39 is 34.9 Å². The van der Waals surface area contributed by atoms with Gasteiger partial charge in [-0.2, -0.15) is 10.4 Å². The molecule has 232 valence electrons. The maximum Gasteiger partial charge on any atom is 0.137 e. The second kappa shape index (κ2) is 12.4. The quantitative estimate of drug-likeness (QED) is 0.239. The molecule has 1 aliphatic heterocycles. The van der Waals surface area contributed by atoms with Crippen molar-refractivity contribution in [2.75, 3.05) is 26.2 Å². The first kappa shape index (κ1) is 30.5. The molecule has 1 aliphatic rings. The van der Waals surface area contributed by atoms with E-state index in [4.69, 9.17) is 0 Å². The van der Waals surface area contributed by atoms with E-state index in [2.05, 4.69) is 26.0 Å². The van der Waals surface area contributed by atoms with E-state index in [-0.39, 0.29) is 18.7 Å². The van der Waals surface area contributed by atoms with Crippen molar-refractivity contribution in [1.82, 2.24) is 29.1 Å². The number of nitrogens with zero attached hydrogens (tertiary/aromatic N) is 7. The Morgan fingerprint density at radius 3 is 2.31 bits per heavy atom. The fourth-order valence-electron chi connectivity index (χ4n) is 6.23. The topological polar surface area (TPSA) is 86.1 Å². The van der Waals surface area contributed by atoms with Crippen molar-refractivity contribution in [3.8, 4) is 6.07 Å². The molecule has 1 N–H and O–H groups in total. The molecule has 2 aromatic heterocycles. The predicted molar refractivity (Wildman–Crippen MR) is 159 cm³/mol. The summed E-state index contributed by atoms with van der Waals surface area (Å²) in [5.74, 6) is -2.83. The molecule has 12 heteroatoms. The Bertz CT molecular complexity index is 1860. The molecule has 5 aromatic rings. The van der Waals surface area contributed by atoms with Gasteiger partial charge in [-0.1, -0.05) is 12.1 Å². The Labute approximate surface area is 257 Å². The Hall–Kier alpha value is -4.57. The van der Waals surface area contributed by atoms with Gasteiger partial charge in [-0.15, -0.1) is 0 Å². The fraction of sp³-hybridized carbons (Fsp3) is 0.303. The van der Waals surface area contributed by atoms with Crippen LogP contribution < -0.4 is 0 Å². The summed E-state index contributed by atoms with van der Waals surface area (Å²) in [5, 5.41) is 26.5. The Morgan fingerprint density at radius 2 is 1.64 bits per heavy atom. The van der Waals surface area contributed by atoms with E-state index in [0.29, 0.717) is 43.9 Å². The largest absolute Gasteiger partial charge is 0.381 e. The fourth-order valence-corrected chi connectivity index (χ4v) is 6.23. The monoisotopic (exact) mass is 617 g/mol. The third-order valence-electron chi connectivity index (χ3n) is 8.76. The van der Waals surface area contributed by atoms with Gasteiger partial charge in [0.2, 0.25) is 0 Å². The smallest absolute Gasteiger partial charge is 0.137 e. The van der Waals surface area contributed by atoms with E-state index in [9.17, 15) is 23.5 Å². The number of hydrogen-bond acceptors (Lipinski definition) is 6.